The molecule has 0 aliphatic carbocycles. The van der Waals surface area contributed by atoms with Gasteiger partial charge in [-0.05, 0) is 47.0 Å². The van der Waals surface area contributed by atoms with E-state index in [0.717, 1.165) is 19.4 Å². The summed E-state index contributed by atoms with van der Waals surface area (Å²) in [5.74, 6) is 0.563. The lowest BCUT2D eigenvalue weighted by molar-refractivity contribution is 0.0592. The van der Waals surface area contributed by atoms with Crippen molar-refractivity contribution in [2.75, 3.05) is 11.9 Å². The van der Waals surface area contributed by atoms with Crippen molar-refractivity contribution in [1.82, 2.24) is 19.5 Å². The van der Waals surface area contributed by atoms with Gasteiger partial charge in [-0.25, -0.2) is 15.0 Å². The minimum Gasteiger partial charge on any atom is -0.358 e. The number of hydrogen-bond donors (Lipinski definition) is 1. The third-order valence-corrected chi connectivity index (χ3v) is 4.70. The van der Waals surface area contributed by atoms with Crippen LogP contribution in [0.15, 0.2) is 29.3 Å². The van der Waals surface area contributed by atoms with Gasteiger partial charge in [0, 0.05) is 11.6 Å². The predicted molar refractivity (Wildman–Crippen MR) is 97.0 cm³/mol. The van der Waals surface area contributed by atoms with E-state index in [0.29, 0.717) is 37.4 Å². The topological polar surface area (TPSA) is 64.9 Å². The molecule has 24 heavy (non-hydrogen) atoms. The number of nitrogens with one attached hydrogen (secondary N) is 1. The van der Waals surface area contributed by atoms with Gasteiger partial charge in [-0.2, -0.15) is 0 Å². The van der Waals surface area contributed by atoms with Gasteiger partial charge in [0.05, 0.1) is 17.0 Å². The molecule has 1 atom stereocenters. The fourth-order valence-electron chi connectivity index (χ4n) is 2.69. The molecule has 4 rings (SSSR count). The van der Waals surface area contributed by atoms with Gasteiger partial charge in [-0.1, -0.05) is 23.2 Å². The van der Waals surface area contributed by atoms with E-state index in [1.165, 1.54) is 0 Å². The predicted octanol–water partition coefficient (Wildman–Crippen LogP) is 4.95. The monoisotopic (exact) mass is 427 g/mol. The Morgan fingerprint density at radius 3 is 2.92 bits per heavy atom. The highest BCUT2D eigenvalue weighted by Crippen LogP contribution is 2.32. The quantitative estimate of drug-likeness (QED) is 0.598. The molecule has 1 aliphatic rings. The molecule has 0 bridgehead atoms. The number of imidazole rings is 1. The molecule has 0 spiro atoms. The Hall–Kier alpha value is -1.41. The van der Waals surface area contributed by atoms with E-state index >= 15 is 0 Å². The first-order valence-corrected chi connectivity index (χ1v) is 8.90. The average Bonchev–Trinajstić information content (AvgIpc) is 3.18. The Balaban J connectivity index is 1.77. The number of rotatable bonds is 3. The molecule has 1 unspecified atom stereocenters. The minimum atomic E-state index is -0.0382. The van der Waals surface area contributed by atoms with Crippen molar-refractivity contribution in [3.8, 4) is 0 Å². The number of benzene rings is 1. The summed E-state index contributed by atoms with van der Waals surface area (Å²) in [5, 5.41) is 4.27. The van der Waals surface area contributed by atoms with Crippen molar-refractivity contribution in [2.24, 2.45) is 0 Å². The van der Waals surface area contributed by atoms with Crippen molar-refractivity contribution in [3.05, 3.63) is 39.3 Å². The Bertz CT molecular complexity index is 910. The van der Waals surface area contributed by atoms with Crippen molar-refractivity contribution in [3.63, 3.8) is 0 Å². The molecule has 1 saturated heterocycles. The molecule has 0 radical (unpaired) electrons. The van der Waals surface area contributed by atoms with Crippen molar-refractivity contribution >= 4 is 61.8 Å². The molecule has 3 aromatic rings. The van der Waals surface area contributed by atoms with Gasteiger partial charge < -0.3 is 10.1 Å². The maximum atomic E-state index is 6.23. The average molecular weight is 429 g/mol. The van der Waals surface area contributed by atoms with Crippen LogP contribution in [0.25, 0.3) is 11.2 Å². The van der Waals surface area contributed by atoms with Crippen LogP contribution in [-0.2, 0) is 4.74 Å². The zero-order chi connectivity index (χ0) is 16.7. The van der Waals surface area contributed by atoms with Crippen LogP contribution in [0.3, 0.4) is 0 Å². The second kappa shape index (κ2) is 6.48. The molecule has 3 heterocycles. The fourth-order valence-corrected chi connectivity index (χ4v) is 3.49. The van der Waals surface area contributed by atoms with Gasteiger partial charge in [0.25, 0.3) is 0 Å². The summed E-state index contributed by atoms with van der Waals surface area (Å²) in [6.07, 6.45) is 3.67. The smallest absolute Gasteiger partial charge is 0.200 e. The molecule has 1 aliphatic heterocycles. The van der Waals surface area contributed by atoms with Crippen LogP contribution in [0.1, 0.15) is 19.1 Å². The maximum Gasteiger partial charge on any atom is 0.200 e. The van der Waals surface area contributed by atoms with Crippen LogP contribution in [-0.4, -0.2) is 26.1 Å². The Kier molecular flexibility index (Phi) is 4.34. The van der Waals surface area contributed by atoms with E-state index in [1.54, 1.807) is 24.5 Å². The molecule has 6 nitrogen and oxygen atoms in total. The zero-order valence-electron chi connectivity index (χ0n) is 12.3. The van der Waals surface area contributed by atoms with Crippen LogP contribution >= 0.6 is 39.1 Å². The molecule has 124 valence electrons. The second-order valence-corrected chi connectivity index (χ2v) is 6.94. The summed E-state index contributed by atoms with van der Waals surface area (Å²) < 4.78 is 8.12. The molecule has 0 amide bonds. The fraction of sp³-hybridized carbons (Fsp3) is 0.267. The van der Waals surface area contributed by atoms with Crippen LogP contribution in [0.5, 0.6) is 0 Å². The first kappa shape index (κ1) is 16.1. The van der Waals surface area contributed by atoms with E-state index in [1.807, 2.05) is 4.57 Å². The van der Waals surface area contributed by atoms with Crippen LogP contribution in [0.2, 0.25) is 10.0 Å². The number of halogens is 3. The Labute approximate surface area is 156 Å². The molecule has 2 aromatic heterocycles. The normalized spacial score (nSPS) is 17.5. The molecular formula is C15H12BrCl2N5O. The van der Waals surface area contributed by atoms with Gasteiger partial charge in [0.2, 0.25) is 4.73 Å². The van der Waals surface area contributed by atoms with Gasteiger partial charge in [-0.3, -0.25) is 4.57 Å². The number of nitrogens with zero attached hydrogens (tertiary/aromatic N) is 4. The summed E-state index contributed by atoms with van der Waals surface area (Å²) in [7, 11) is 0. The van der Waals surface area contributed by atoms with E-state index in [-0.39, 0.29) is 6.23 Å². The molecule has 0 saturated carbocycles. The summed E-state index contributed by atoms with van der Waals surface area (Å²) in [6.45, 7) is 0.752. The van der Waals surface area contributed by atoms with E-state index < -0.39 is 0 Å². The summed E-state index contributed by atoms with van der Waals surface area (Å²) in [6, 6.07) is 5.22. The standard InChI is InChI=1S/C15H12BrCl2N5O/c16-15-21-13(20-10-4-3-8(17)6-9(10)18)12-14(22-15)23(7-19-12)11-2-1-5-24-11/h3-4,6-7,11H,1-2,5H2,(H,20,21,22). The van der Waals surface area contributed by atoms with E-state index in [2.05, 4.69) is 36.2 Å². The molecule has 9 heteroatoms. The molecule has 1 fully saturated rings. The maximum absolute atomic E-state index is 6.23. The van der Waals surface area contributed by atoms with Gasteiger partial charge in [0.1, 0.15) is 6.23 Å². The highest BCUT2D eigenvalue weighted by molar-refractivity contribution is 9.10. The summed E-state index contributed by atoms with van der Waals surface area (Å²) >= 11 is 15.5. The van der Waals surface area contributed by atoms with Gasteiger partial charge >= 0.3 is 0 Å². The highest BCUT2D eigenvalue weighted by atomic mass is 79.9. The number of hydrogen-bond acceptors (Lipinski definition) is 5. The third kappa shape index (κ3) is 2.97. The summed E-state index contributed by atoms with van der Waals surface area (Å²) in [4.78, 5) is 13.3. The first-order valence-electron chi connectivity index (χ1n) is 7.35. The first-order chi connectivity index (χ1) is 11.6. The second-order valence-electron chi connectivity index (χ2n) is 5.38. The lowest BCUT2D eigenvalue weighted by atomic mass is 10.3. The number of anilines is 2. The number of ether oxygens (including phenoxy) is 1. The lowest BCUT2D eigenvalue weighted by Gasteiger charge is -2.12. The van der Waals surface area contributed by atoms with Crippen LogP contribution in [0, 0.1) is 0 Å². The van der Waals surface area contributed by atoms with E-state index in [4.69, 9.17) is 27.9 Å². The highest BCUT2D eigenvalue weighted by Gasteiger charge is 2.22. The van der Waals surface area contributed by atoms with Gasteiger partial charge in [-0.15, -0.1) is 0 Å². The van der Waals surface area contributed by atoms with E-state index in [9.17, 15) is 0 Å². The summed E-state index contributed by atoms with van der Waals surface area (Å²) in [5.41, 5.74) is 2.05. The van der Waals surface area contributed by atoms with Crippen molar-refractivity contribution in [1.29, 1.82) is 0 Å². The van der Waals surface area contributed by atoms with Crippen LogP contribution in [0.4, 0.5) is 11.5 Å². The minimum absolute atomic E-state index is 0.0382. The third-order valence-electron chi connectivity index (χ3n) is 3.79. The van der Waals surface area contributed by atoms with Gasteiger partial charge in [0.15, 0.2) is 17.0 Å². The number of aromatic nitrogens is 4. The largest absolute Gasteiger partial charge is 0.358 e. The molecule has 1 N–H and O–H groups in total. The number of fused-ring (bicyclic) bond motifs is 1. The SMILES string of the molecule is Clc1ccc(Nc2nc(Br)nc3c2ncn3C2CCCO2)c(Cl)c1. The van der Waals surface area contributed by atoms with Crippen LogP contribution < -0.4 is 5.32 Å². The molecule has 1 aromatic carbocycles. The van der Waals surface area contributed by atoms with Crippen molar-refractivity contribution in [2.45, 2.75) is 19.1 Å². The Morgan fingerprint density at radius 1 is 1.29 bits per heavy atom. The van der Waals surface area contributed by atoms with Crippen molar-refractivity contribution < 1.29 is 4.74 Å². The zero-order valence-corrected chi connectivity index (χ0v) is 15.4. The lowest BCUT2D eigenvalue weighted by Crippen LogP contribution is -2.07. The Morgan fingerprint density at radius 2 is 2.17 bits per heavy atom. The molecular weight excluding hydrogens is 417 g/mol.